The summed E-state index contributed by atoms with van der Waals surface area (Å²) >= 11 is 1.27. The van der Waals surface area contributed by atoms with Gasteiger partial charge in [0.1, 0.15) is 10.7 Å². The highest BCUT2D eigenvalue weighted by Gasteiger charge is 2.30. The van der Waals surface area contributed by atoms with Gasteiger partial charge in [-0.05, 0) is 37.4 Å². The van der Waals surface area contributed by atoms with Gasteiger partial charge in [-0.3, -0.25) is 4.79 Å². The van der Waals surface area contributed by atoms with Gasteiger partial charge in [0, 0.05) is 29.1 Å². The van der Waals surface area contributed by atoms with Crippen LogP contribution in [0.5, 0.6) is 5.75 Å². The number of aromatic nitrogens is 3. The van der Waals surface area contributed by atoms with Crippen molar-refractivity contribution in [2.75, 3.05) is 18.4 Å². The molecule has 0 radical (unpaired) electrons. The average Bonchev–Trinajstić information content (AvgIpc) is 3.50. The van der Waals surface area contributed by atoms with Crippen LogP contribution in [0.2, 0.25) is 0 Å². The number of nitrogens with zero attached hydrogens (tertiary/aromatic N) is 3. The van der Waals surface area contributed by atoms with Crippen molar-refractivity contribution in [2.45, 2.75) is 25.4 Å². The van der Waals surface area contributed by atoms with Gasteiger partial charge in [-0.25, -0.2) is 13.8 Å². The Morgan fingerprint density at radius 1 is 1.28 bits per heavy atom. The predicted octanol–water partition coefficient (Wildman–Crippen LogP) is 4.05. The minimum atomic E-state index is -0.843. The summed E-state index contributed by atoms with van der Waals surface area (Å²) in [4.78, 5) is 17.2. The van der Waals surface area contributed by atoms with Crippen LogP contribution in [0.3, 0.4) is 0 Å². The first kappa shape index (κ1) is 20.7. The Morgan fingerprint density at radius 3 is 2.88 bits per heavy atom. The van der Waals surface area contributed by atoms with E-state index < -0.39 is 17.5 Å². The molecule has 0 atom stereocenters. The van der Waals surface area contributed by atoms with Crippen molar-refractivity contribution in [1.82, 2.24) is 20.5 Å². The lowest BCUT2D eigenvalue weighted by Crippen LogP contribution is -2.22. The number of halogens is 2. The first-order valence-electron chi connectivity index (χ1n) is 10.2. The third-order valence-electron chi connectivity index (χ3n) is 5.19. The fraction of sp³-hybridized carbons (Fsp3) is 0.273. The maximum Gasteiger partial charge on any atom is 0.275 e. The zero-order valence-corrected chi connectivity index (χ0v) is 17.7. The number of ether oxygens (including phenoxy) is 1. The number of anilines is 1. The van der Waals surface area contributed by atoms with E-state index in [2.05, 4.69) is 25.8 Å². The van der Waals surface area contributed by atoms with Gasteiger partial charge in [-0.15, -0.1) is 11.3 Å². The van der Waals surface area contributed by atoms with Crippen LogP contribution in [-0.2, 0) is 0 Å². The van der Waals surface area contributed by atoms with Gasteiger partial charge in [0.2, 0.25) is 0 Å². The minimum Gasteiger partial charge on any atom is -0.484 e. The Kier molecular flexibility index (Phi) is 5.62. The van der Waals surface area contributed by atoms with Crippen LogP contribution < -0.4 is 15.4 Å². The number of thiazole rings is 1. The molecule has 2 aliphatic rings. The molecular weight excluding hydrogens is 436 g/mol. The molecule has 1 aliphatic carbocycles. The number of amides is 1. The quantitative estimate of drug-likeness (QED) is 0.583. The number of hydrogen-bond acceptors (Lipinski definition) is 7. The van der Waals surface area contributed by atoms with Crippen LogP contribution in [0.1, 0.15) is 35.3 Å². The van der Waals surface area contributed by atoms with Crippen molar-refractivity contribution in [3.8, 4) is 16.3 Å². The molecule has 1 amide bonds. The Labute approximate surface area is 186 Å². The molecule has 32 heavy (non-hydrogen) atoms. The summed E-state index contributed by atoms with van der Waals surface area (Å²) in [6.45, 7) is 1.22. The summed E-state index contributed by atoms with van der Waals surface area (Å²) in [5.41, 5.74) is 1.78. The standard InChI is InChI=1S/C22H19F2N5O2S/c23-15-9-16(28-21(30)17-11-32-22(29-17)13-5-8-26-27-10-13)18(12-3-6-25-7-4-12)19(24)20(15)31-14-1-2-14/h3,5,8-11,14,25H,1-2,4,6-7H2,(H,28,30). The minimum absolute atomic E-state index is 0.0569. The molecule has 0 spiro atoms. The Morgan fingerprint density at radius 2 is 2.16 bits per heavy atom. The number of benzene rings is 1. The van der Waals surface area contributed by atoms with E-state index in [1.807, 2.05) is 6.08 Å². The summed E-state index contributed by atoms with van der Waals surface area (Å²) in [5, 5.41) is 15.5. The third-order valence-corrected chi connectivity index (χ3v) is 6.08. The summed E-state index contributed by atoms with van der Waals surface area (Å²) in [7, 11) is 0. The molecular formula is C22H19F2N5O2S. The van der Waals surface area contributed by atoms with Gasteiger partial charge >= 0.3 is 0 Å². The second-order valence-electron chi connectivity index (χ2n) is 7.55. The van der Waals surface area contributed by atoms with Gasteiger partial charge < -0.3 is 15.4 Å². The fourth-order valence-corrected chi connectivity index (χ4v) is 4.23. The molecule has 2 N–H and O–H groups in total. The molecule has 2 aromatic heterocycles. The van der Waals surface area contributed by atoms with Gasteiger partial charge in [-0.2, -0.15) is 10.2 Å². The summed E-state index contributed by atoms with van der Waals surface area (Å²) in [5.74, 6) is -2.58. The van der Waals surface area contributed by atoms with Crippen LogP contribution in [0.4, 0.5) is 14.5 Å². The molecule has 0 saturated heterocycles. The van der Waals surface area contributed by atoms with Crippen molar-refractivity contribution in [3.63, 3.8) is 0 Å². The molecule has 1 fully saturated rings. The van der Waals surface area contributed by atoms with E-state index in [1.54, 1.807) is 17.6 Å². The number of hydrogen-bond donors (Lipinski definition) is 2. The zero-order chi connectivity index (χ0) is 22.1. The number of rotatable bonds is 6. The first-order chi connectivity index (χ1) is 15.6. The van der Waals surface area contributed by atoms with E-state index in [4.69, 9.17) is 4.74 Å². The highest BCUT2D eigenvalue weighted by Crippen LogP contribution is 2.39. The van der Waals surface area contributed by atoms with Crippen LogP contribution in [-0.4, -0.2) is 40.3 Å². The molecule has 164 valence electrons. The molecule has 3 aromatic rings. The van der Waals surface area contributed by atoms with Crippen LogP contribution in [0.25, 0.3) is 16.1 Å². The van der Waals surface area contributed by atoms with Crippen molar-refractivity contribution in [3.05, 3.63) is 58.9 Å². The third kappa shape index (κ3) is 4.23. The fourth-order valence-electron chi connectivity index (χ4n) is 3.44. The number of carbonyl (C=O) groups is 1. The van der Waals surface area contributed by atoms with E-state index in [0.717, 1.165) is 24.5 Å². The first-order valence-corrected chi connectivity index (χ1v) is 11.1. The van der Waals surface area contributed by atoms with E-state index >= 15 is 4.39 Å². The lowest BCUT2D eigenvalue weighted by molar-refractivity contribution is 0.102. The lowest BCUT2D eigenvalue weighted by atomic mass is 9.97. The smallest absolute Gasteiger partial charge is 0.275 e. The predicted molar refractivity (Wildman–Crippen MR) is 117 cm³/mol. The second-order valence-corrected chi connectivity index (χ2v) is 8.41. The molecule has 10 heteroatoms. The summed E-state index contributed by atoms with van der Waals surface area (Å²) < 4.78 is 35.7. The van der Waals surface area contributed by atoms with E-state index in [9.17, 15) is 9.18 Å². The van der Waals surface area contributed by atoms with Crippen LogP contribution in [0, 0.1) is 11.6 Å². The van der Waals surface area contributed by atoms with Gasteiger partial charge in [0.15, 0.2) is 17.4 Å². The summed E-state index contributed by atoms with van der Waals surface area (Å²) in [6.07, 6.45) is 6.86. The SMILES string of the molecule is O=C(Nc1cc(F)c(OC2CC2)c(F)c1C1=CCNCC1)c1csc(-c2ccnnc2)n1. The Hall–Kier alpha value is -3.24. The van der Waals surface area contributed by atoms with Crippen molar-refractivity contribution >= 4 is 28.5 Å². The highest BCUT2D eigenvalue weighted by atomic mass is 32.1. The van der Waals surface area contributed by atoms with Crippen LogP contribution >= 0.6 is 11.3 Å². The highest BCUT2D eigenvalue weighted by molar-refractivity contribution is 7.13. The Balaban J connectivity index is 1.48. The normalized spacial score (nSPS) is 15.9. The molecule has 7 nitrogen and oxygen atoms in total. The second kappa shape index (κ2) is 8.71. The largest absolute Gasteiger partial charge is 0.484 e. The molecule has 1 aliphatic heterocycles. The topological polar surface area (TPSA) is 89.0 Å². The van der Waals surface area contributed by atoms with Gasteiger partial charge in [0.05, 0.1) is 24.2 Å². The van der Waals surface area contributed by atoms with Crippen molar-refractivity contribution < 1.29 is 18.3 Å². The van der Waals surface area contributed by atoms with E-state index in [1.165, 1.54) is 17.5 Å². The van der Waals surface area contributed by atoms with Crippen LogP contribution in [0.15, 0.2) is 36.0 Å². The molecule has 1 saturated carbocycles. The molecule has 5 rings (SSSR count). The van der Waals surface area contributed by atoms with Crippen molar-refractivity contribution in [2.24, 2.45) is 0 Å². The zero-order valence-electron chi connectivity index (χ0n) is 16.9. The Bertz CT molecular complexity index is 1190. The monoisotopic (exact) mass is 455 g/mol. The average molecular weight is 455 g/mol. The van der Waals surface area contributed by atoms with Gasteiger partial charge in [0.25, 0.3) is 5.91 Å². The van der Waals surface area contributed by atoms with E-state index in [0.29, 0.717) is 30.1 Å². The summed E-state index contributed by atoms with van der Waals surface area (Å²) in [6, 6.07) is 2.86. The molecule has 0 unspecified atom stereocenters. The molecule has 0 bridgehead atoms. The molecule has 1 aromatic carbocycles. The number of nitrogens with one attached hydrogen (secondary N) is 2. The van der Waals surface area contributed by atoms with E-state index in [-0.39, 0.29) is 28.8 Å². The number of carbonyl (C=O) groups excluding carboxylic acids is 1. The lowest BCUT2D eigenvalue weighted by Gasteiger charge is -2.20. The maximum atomic E-state index is 15.4. The molecule has 3 heterocycles. The maximum absolute atomic E-state index is 15.4. The van der Waals surface area contributed by atoms with Gasteiger partial charge in [-0.1, -0.05) is 6.08 Å². The van der Waals surface area contributed by atoms with Crippen molar-refractivity contribution in [1.29, 1.82) is 0 Å².